The second-order valence-electron chi connectivity index (χ2n) is 5.47. The molecule has 0 saturated carbocycles. The molecule has 2 aromatic carbocycles. The third-order valence-electron chi connectivity index (χ3n) is 3.99. The summed E-state index contributed by atoms with van der Waals surface area (Å²) in [4.78, 5) is 16.5. The highest BCUT2D eigenvalue weighted by atomic mass is 79.9. The molecular weight excluding hydrogens is 454 g/mol. The Morgan fingerprint density at radius 2 is 1.84 bits per heavy atom. The first-order valence-corrected chi connectivity index (χ1v) is 8.88. The van der Waals surface area contributed by atoms with Gasteiger partial charge >= 0.3 is 5.69 Å². The zero-order valence-electron chi connectivity index (χ0n) is 13.7. The van der Waals surface area contributed by atoms with Crippen molar-refractivity contribution in [3.8, 4) is 11.5 Å². The number of aryl methyl sites for hydroxylation is 2. The van der Waals surface area contributed by atoms with Crippen LogP contribution >= 0.6 is 31.9 Å². The predicted octanol–water partition coefficient (Wildman–Crippen LogP) is 3.87. The maximum Gasteiger partial charge on any atom is 0.328 e. The van der Waals surface area contributed by atoms with Crippen LogP contribution in [0.2, 0.25) is 0 Å². The van der Waals surface area contributed by atoms with Gasteiger partial charge in [0.05, 0.1) is 29.4 Å². The van der Waals surface area contributed by atoms with Gasteiger partial charge in [-0.15, -0.1) is 0 Å². The Morgan fingerprint density at radius 3 is 2.52 bits per heavy atom. The van der Waals surface area contributed by atoms with E-state index in [-0.39, 0.29) is 11.4 Å². The number of aromatic nitrogens is 2. The number of rotatable bonds is 3. The van der Waals surface area contributed by atoms with Crippen molar-refractivity contribution in [3.05, 3.63) is 49.3 Å². The van der Waals surface area contributed by atoms with Gasteiger partial charge in [-0.3, -0.25) is 14.1 Å². The lowest BCUT2D eigenvalue weighted by molar-refractivity contribution is 0.372. The number of ether oxygens (including phenoxy) is 1. The third-order valence-corrected chi connectivity index (χ3v) is 6.00. The molecule has 8 heteroatoms. The van der Waals surface area contributed by atoms with Gasteiger partial charge in [0, 0.05) is 29.3 Å². The number of benzene rings is 2. The van der Waals surface area contributed by atoms with Gasteiger partial charge in [-0.05, 0) is 56.1 Å². The quantitative estimate of drug-likeness (QED) is 0.593. The topological polar surface area (TPSA) is 68.8 Å². The summed E-state index contributed by atoms with van der Waals surface area (Å²) in [6, 6.07) is 7.07. The molecule has 0 saturated heterocycles. The van der Waals surface area contributed by atoms with E-state index in [9.17, 15) is 9.90 Å². The maximum atomic E-state index is 12.0. The largest absolute Gasteiger partial charge is 0.504 e. The van der Waals surface area contributed by atoms with Crippen molar-refractivity contribution < 1.29 is 9.84 Å². The number of halogens is 2. The second-order valence-corrected chi connectivity index (χ2v) is 7.12. The molecule has 25 heavy (non-hydrogen) atoms. The highest BCUT2D eigenvalue weighted by molar-refractivity contribution is 9.13. The molecule has 0 bridgehead atoms. The monoisotopic (exact) mass is 467 g/mol. The Balaban J connectivity index is 2.11. The zero-order valence-corrected chi connectivity index (χ0v) is 16.9. The molecule has 0 radical (unpaired) electrons. The summed E-state index contributed by atoms with van der Waals surface area (Å²) in [7, 11) is 4.95. The minimum absolute atomic E-state index is 0.0138. The van der Waals surface area contributed by atoms with E-state index in [1.54, 1.807) is 35.5 Å². The van der Waals surface area contributed by atoms with Gasteiger partial charge in [0.1, 0.15) is 0 Å². The number of nitrogens with zero attached hydrogens (tertiary/aromatic N) is 3. The number of hydrogen-bond acceptors (Lipinski definition) is 4. The average molecular weight is 469 g/mol. The van der Waals surface area contributed by atoms with Crippen molar-refractivity contribution in [2.24, 2.45) is 19.1 Å². The standard InChI is InChI=1S/C17H15Br2N3O3/c1-21-12-5-4-9(6-13(12)22(2)17(21)24)20-8-10-15(19)11(18)7-14(23)16(10)25-3/h4-8,23H,1-3H3. The van der Waals surface area contributed by atoms with Gasteiger partial charge < -0.3 is 9.84 Å². The maximum absolute atomic E-state index is 12.0. The van der Waals surface area contributed by atoms with Crippen LogP contribution in [-0.4, -0.2) is 27.6 Å². The predicted molar refractivity (Wildman–Crippen MR) is 105 cm³/mol. The smallest absolute Gasteiger partial charge is 0.328 e. The van der Waals surface area contributed by atoms with E-state index in [0.29, 0.717) is 21.5 Å². The van der Waals surface area contributed by atoms with E-state index in [0.717, 1.165) is 15.5 Å². The van der Waals surface area contributed by atoms with Gasteiger partial charge in [-0.2, -0.15) is 0 Å². The van der Waals surface area contributed by atoms with Crippen LogP contribution in [0.25, 0.3) is 11.0 Å². The van der Waals surface area contributed by atoms with E-state index in [1.807, 2.05) is 18.2 Å². The molecule has 0 atom stereocenters. The lowest BCUT2D eigenvalue weighted by Gasteiger charge is -2.10. The molecule has 3 aromatic rings. The van der Waals surface area contributed by atoms with Crippen LogP contribution in [0.1, 0.15) is 5.56 Å². The van der Waals surface area contributed by atoms with Crippen molar-refractivity contribution in [3.63, 3.8) is 0 Å². The molecule has 1 N–H and O–H groups in total. The summed E-state index contributed by atoms with van der Waals surface area (Å²) in [5.41, 5.74) is 2.84. The summed E-state index contributed by atoms with van der Waals surface area (Å²) >= 11 is 6.84. The minimum Gasteiger partial charge on any atom is -0.504 e. The highest BCUT2D eigenvalue weighted by Gasteiger charge is 2.15. The number of aliphatic imine (C=N–C) groups is 1. The summed E-state index contributed by atoms with van der Waals surface area (Å²) in [6.45, 7) is 0. The van der Waals surface area contributed by atoms with Gasteiger partial charge in [-0.25, -0.2) is 4.79 Å². The van der Waals surface area contributed by atoms with E-state index in [2.05, 4.69) is 36.9 Å². The molecule has 1 aromatic heterocycles. The summed E-state index contributed by atoms with van der Waals surface area (Å²) in [5, 5.41) is 10.0. The van der Waals surface area contributed by atoms with Gasteiger partial charge in [0.25, 0.3) is 0 Å². The number of phenolic OH excluding ortho intramolecular Hbond substituents is 1. The Morgan fingerprint density at radius 1 is 1.16 bits per heavy atom. The summed E-state index contributed by atoms with van der Waals surface area (Å²) < 4.78 is 9.85. The van der Waals surface area contributed by atoms with Crippen LogP contribution in [-0.2, 0) is 14.1 Å². The fraction of sp³-hybridized carbons (Fsp3) is 0.176. The molecule has 0 spiro atoms. The summed E-state index contributed by atoms with van der Waals surface area (Å²) in [5.74, 6) is 0.340. The van der Waals surface area contributed by atoms with E-state index < -0.39 is 0 Å². The average Bonchev–Trinajstić information content (AvgIpc) is 2.81. The number of aromatic hydroxyl groups is 1. The number of imidazole rings is 1. The first-order valence-electron chi connectivity index (χ1n) is 7.29. The Labute approximate surface area is 160 Å². The molecule has 0 unspecified atom stereocenters. The number of phenols is 1. The Bertz CT molecular complexity index is 1070. The molecule has 0 amide bonds. The fourth-order valence-electron chi connectivity index (χ4n) is 2.66. The second kappa shape index (κ2) is 6.68. The molecular formula is C17H15Br2N3O3. The Kier molecular flexibility index (Phi) is 4.75. The van der Waals surface area contributed by atoms with Crippen LogP contribution in [0.15, 0.2) is 43.0 Å². The van der Waals surface area contributed by atoms with Crippen molar-refractivity contribution in [1.82, 2.24) is 9.13 Å². The lowest BCUT2D eigenvalue weighted by Crippen LogP contribution is -2.19. The first kappa shape index (κ1) is 17.8. The van der Waals surface area contributed by atoms with Crippen LogP contribution in [0.5, 0.6) is 11.5 Å². The third kappa shape index (κ3) is 3.00. The zero-order chi connectivity index (χ0) is 18.3. The number of hydrogen-bond donors (Lipinski definition) is 1. The van der Waals surface area contributed by atoms with Crippen molar-refractivity contribution in [1.29, 1.82) is 0 Å². The van der Waals surface area contributed by atoms with Crippen molar-refractivity contribution in [2.45, 2.75) is 0 Å². The van der Waals surface area contributed by atoms with E-state index in [4.69, 9.17) is 4.74 Å². The van der Waals surface area contributed by atoms with Crippen LogP contribution in [0, 0.1) is 0 Å². The van der Waals surface area contributed by atoms with Gasteiger partial charge in [0.2, 0.25) is 0 Å². The van der Waals surface area contributed by atoms with Gasteiger partial charge in [0.15, 0.2) is 11.5 Å². The summed E-state index contributed by atoms with van der Waals surface area (Å²) in [6.07, 6.45) is 1.61. The number of fused-ring (bicyclic) bond motifs is 1. The molecule has 0 fully saturated rings. The minimum atomic E-state index is -0.0857. The first-order chi connectivity index (χ1) is 11.8. The normalized spacial score (nSPS) is 11.6. The SMILES string of the molecule is COc1c(O)cc(Br)c(Br)c1C=Nc1ccc2c(c1)n(C)c(=O)n2C. The van der Waals surface area contributed by atoms with Crippen LogP contribution in [0.4, 0.5) is 5.69 Å². The van der Waals surface area contributed by atoms with Crippen LogP contribution < -0.4 is 10.4 Å². The van der Waals surface area contributed by atoms with Crippen molar-refractivity contribution >= 4 is 54.8 Å². The molecule has 3 rings (SSSR count). The van der Waals surface area contributed by atoms with Gasteiger partial charge in [-0.1, -0.05) is 0 Å². The lowest BCUT2D eigenvalue weighted by atomic mass is 10.2. The van der Waals surface area contributed by atoms with Crippen LogP contribution in [0.3, 0.4) is 0 Å². The van der Waals surface area contributed by atoms with Crippen molar-refractivity contribution in [2.75, 3.05) is 7.11 Å². The van der Waals surface area contributed by atoms with E-state index >= 15 is 0 Å². The highest BCUT2D eigenvalue weighted by Crippen LogP contribution is 2.39. The molecule has 0 aliphatic heterocycles. The molecule has 130 valence electrons. The van der Waals surface area contributed by atoms with E-state index in [1.165, 1.54) is 7.11 Å². The molecule has 0 aliphatic rings. The Hall–Kier alpha value is -2.06. The molecule has 6 nitrogen and oxygen atoms in total. The molecule has 0 aliphatic carbocycles. The molecule has 1 heterocycles. The fourth-order valence-corrected chi connectivity index (χ4v) is 3.49. The number of methoxy groups -OCH3 is 1.